The second-order valence-corrected chi connectivity index (χ2v) is 3.95. The Balaban J connectivity index is 2.17. The van der Waals surface area contributed by atoms with Crippen LogP contribution in [-0.4, -0.2) is 23.9 Å². The van der Waals surface area contributed by atoms with Crippen LogP contribution in [-0.2, 0) is 0 Å². The molecule has 1 aromatic heterocycles. The molecule has 0 atom stereocenters. The van der Waals surface area contributed by atoms with Crippen molar-refractivity contribution in [2.75, 3.05) is 13.1 Å². The van der Waals surface area contributed by atoms with Crippen molar-refractivity contribution in [3.05, 3.63) is 22.6 Å². The van der Waals surface area contributed by atoms with Crippen molar-refractivity contribution in [1.82, 2.24) is 4.90 Å². The van der Waals surface area contributed by atoms with Crippen LogP contribution in [0.4, 0.5) is 0 Å². The van der Waals surface area contributed by atoms with Gasteiger partial charge in [-0.1, -0.05) is 0 Å². The fraction of sp³-hybridized carbons (Fsp3) is 0.444. The minimum absolute atomic E-state index is 0.00521. The van der Waals surface area contributed by atoms with E-state index >= 15 is 0 Å². The van der Waals surface area contributed by atoms with Crippen molar-refractivity contribution in [1.29, 1.82) is 0 Å². The van der Waals surface area contributed by atoms with Gasteiger partial charge in [-0.15, -0.1) is 0 Å². The third-order valence-electron chi connectivity index (χ3n) is 2.20. The van der Waals surface area contributed by atoms with Crippen molar-refractivity contribution < 1.29 is 9.21 Å². The molecule has 1 aliphatic rings. The van der Waals surface area contributed by atoms with E-state index in [1.807, 2.05) is 4.90 Å². The van der Waals surface area contributed by atoms with E-state index < -0.39 is 0 Å². The van der Waals surface area contributed by atoms with E-state index in [4.69, 9.17) is 4.42 Å². The molecule has 0 aromatic carbocycles. The molecule has 0 aliphatic carbocycles. The Bertz CT molecular complexity index is 315. The Morgan fingerprint density at radius 3 is 2.69 bits per heavy atom. The molecular formula is C9H10BrNO2. The van der Waals surface area contributed by atoms with Crippen LogP contribution in [0.1, 0.15) is 23.4 Å². The van der Waals surface area contributed by atoms with Crippen LogP contribution in [0.2, 0.25) is 0 Å². The van der Waals surface area contributed by atoms with Gasteiger partial charge in [0.25, 0.3) is 5.91 Å². The van der Waals surface area contributed by atoms with Gasteiger partial charge in [-0.25, -0.2) is 0 Å². The largest absolute Gasteiger partial charge is 0.458 e. The highest BCUT2D eigenvalue weighted by molar-refractivity contribution is 9.10. The average Bonchev–Trinajstić information content (AvgIpc) is 2.72. The Morgan fingerprint density at radius 2 is 2.15 bits per heavy atom. The van der Waals surface area contributed by atoms with Gasteiger partial charge in [-0.05, 0) is 34.8 Å². The normalized spacial score (nSPS) is 16.5. The Labute approximate surface area is 84.8 Å². The summed E-state index contributed by atoms with van der Waals surface area (Å²) in [4.78, 5) is 13.6. The molecule has 0 unspecified atom stereocenters. The summed E-state index contributed by atoms with van der Waals surface area (Å²) in [5.41, 5.74) is 0. The van der Waals surface area contributed by atoms with E-state index in [1.54, 1.807) is 6.07 Å². The standard InChI is InChI=1S/C9H10BrNO2/c10-7-3-6-13-8(7)9(12)11-4-1-2-5-11/h3,6H,1-2,4-5H2. The zero-order chi connectivity index (χ0) is 9.26. The summed E-state index contributed by atoms with van der Waals surface area (Å²) in [6.45, 7) is 1.71. The topological polar surface area (TPSA) is 33.5 Å². The minimum Gasteiger partial charge on any atom is -0.458 e. The number of hydrogen-bond donors (Lipinski definition) is 0. The Hall–Kier alpha value is -0.770. The number of amides is 1. The highest BCUT2D eigenvalue weighted by Crippen LogP contribution is 2.21. The van der Waals surface area contributed by atoms with Gasteiger partial charge in [0, 0.05) is 13.1 Å². The maximum atomic E-state index is 11.7. The fourth-order valence-electron chi connectivity index (χ4n) is 1.51. The lowest BCUT2D eigenvalue weighted by Crippen LogP contribution is -2.27. The van der Waals surface area contributed by atoms with Gasteiger partial charge < -0.3 is 9.32 Å². The van der Waals surface area contributed by atoms with Crippen LogP contribution < -0.4 is 0 Å². The lowest BCUT2D eigenvalue weighted by Gasteiger charge is -2.12. The van der Waals surface area contributed by atoms with Crippen LogP contribution in [0, 0.1) is 0 Å². The fourth-order valence-corrected chi connectivity index (χ4v) is 1.88. The molecule has 0 bridgehead atoms. The van der Waals surface area contributed by atoms with Gasteiger partial charge in [0.15, 0.2) is 0 Å². The molecule has 1 aliphatic heterocycles. The number of carbonyl (C=O) groups excluding carboxylic acids is 1. The van der Waals surface area contributed by atoms with Crippen molar-refractivity contribution in [2.45, 2.75) is 12.8 Å². The first-order valence-corrected chi connectivity index (χ1v) is 5.10. The summed E-state index contributed by atoms with van der Waals surface area (Å²) in [6, 6.07) is 1.74. The highest BCUT2D eigenvalue weighted by Gasteiger charge is 2.23. The number of nitrogens with zero attached hydrogens (tertiary/aromatic N) is 1. The molecule has 0 N–H and O–H groups in total. The Morgan fingerprint density at radius 1 is 1.46 bits per heavy atom. The molecule has 2 heterocycles. The van der Waals surface area contributed by atoms with Gasteiger partial charge in [0.1, 0.15) is 0 Å². The van der Waals surface area contributed by atoms with Gasteiger partial charge >= 0.3 is 0 Å². The second kappa shape index (κ2) is 3.54. The summed E-state index contributed by atoms with van der Waals surface area (Å²) in [7, 11) is 0. The Kier molecular flexibility index (Phi) is 2.40. The summed E-state index contributed by atoms with van der Waals surface area (Å²) >= 11 is 3.27. The first-order chi connectivity index (χ1) is 6.29. The second-order valence-electron chi connectivity index (χ2n) is 3.10. The van der Waals surface area contributed by atoms with Crippen molar-refractivity contribution >= 4 is 21.8 Å². The third-order valence-corrected chi connectivity index (χ3v) is 2.83. The maximum absolute atomic E-state index is 11.7. The number of furan rings is 1. The number of carbonyl (C=O) groups is 1. The van der Waals surface area contributed by atoms with Crippen LogP contribution in [0.15, 0.2) is 21.2 Å². The molecular weight excluding hydrogens is 234 g/mol. The van der Waals surface area contributed by atoms with E-state index in [0.29, 0.717) is 5.76 Å². The van der Waals surface area contributed by atoms with E-state index in [-0.39, 0.29) is 5.91 Å². The monoisotopic (exact) mass is 243 g/mol. The summed E-state index contributed by atoms with van der Waals surface area (Å²) in [5, 5.41) is 0. The highest BCUT2D eigenvalue weighted by atomic mass is 79.9. The molecule has 0 saturated carbocycles. The number of likely N-dealkylation sites (tertiary alicyclic amines) is 1. The summed E-state index contributed by atoms with van der Waals surface area (Å²) in [6.07, 6.45) is 3.72. The number of rotatable bonds is 1. The smallest absolute Gasteiger partial charge is 0.290 e. The number of halogens is 1. The van der Waals surface area contributed by atoms with Gasteiger partial charge in [-0.2, -0.15) is 0 Å². The SMILES string of the molecule is O=C(c1occc1Br)N1CCCC1. The zero-order valence-corrected chi connectivity index (χ0v) is 8.71. The molecule has 1 amide bonds. The molecule has 1 aromatic rings. The van der Waals surface area contributed by atoms with E-state index in [0.717, 1.165) is 30.4 Å². The molecule has 0 spiro atoms. The lowest BCUT2D eigenvalue weighted by molar-refractivity contribution is 0.0760. The molecule has 1 fully saturated rings. The van der Waals surface area contributed by atoms with Crippen molar-refractivity contribution in [3.8, 4) is 0 Å². The van der Waals surface area contributed by atoms with Crippen LogP contribution in [0.5, 0.6) is 0 Å². The van der Waals surface area contributed by atoms with E-state index in [2.05, 4.69) is 15.9 Å². The molecule has 4 heteroatoms. The average molecular weight is 244 g/mol. The zero-order valence-electron chi connectivity index (χ0n) is 7.12. The van der Waals surface area contributed by atoms with Gasteiger partial charge in [-0.3, -0.25) is 4.79 Å². The molecule has 2 rings (SSSR count). The first kappa shape index (κ1) is 8.81. The third kappa shape index (κ3) is 1.63. The van der Waals surface area contributed by atoms with Gasteiger partial charge in [0.2, 0.25) is 5.76 Å². The summed E-state index contributed by atoms with van der Waals surface area (Å²) < 4.78 is 5.84. The van der Waals surface area contributed by atoms with Crippen LogP contribution in [0.3, 0.4) is 0 Å². The number of hydrogen-bond acceptors (Lipinski definition) is 2. The lowest BCUT2D eigenvalue weighted by atomic mass is 10.4. The predicted molar refractivity (Wildman–Crippen MR) is 51.5 cm³/mol. The van der Waals surface area contributed by atoms with E-state index in [1.165, 1.54) is 6.26 Å². The quantitative estimate of drug-likeness (QED) is 0.759. The molecule has 1 saturated heterocycles. The molecule has 70 valence electrons. The van der Waals surface area contributed by atoms with Crippen molar-refractivity contribution in [2.24, 2.45) is 0 Å². The molecule has 3 nitrogen and oxygen atoms in total. The van der Waals surface area contributed by atoms with E-state index in [9.17, 15) is 4.79 Å². The van der Waals surface area contributed by atoms with Gasteiger partial charge in [0.05, 0.1) is 10.7 Å². The molecule has 0 radical (unpaired) electrons. The predicted octanol–water partition coefficient (Wildman–Crippen LogP) is 2.28. The van der Waals surface area contributed by atoms with Crippen LogP contribution >= 0.6 is 15.9 Å². The maximum Gasteiger partial charge on any atom is 0.290 e. The first-order valence-electron chi connectivity index (χ1n) is 4.31. The van der Waals surface area contributed by atoms with Crippen LogP contribution in [0.25, 0.3) is 0 Å². The molecule has 13 heavy (non-hydrogen) atoms. The minimum atomic E-state index is -0.00521. The van der Waals surface area contributed by atoms with Crippen molar-refractivity contribution in [3.63, 3.8) is 0 Å². The summed E-state index contributed by atoms with van der Waals surface area (Å²) in [5.74, 6) is 0.413.